The summed E-state index contributed by atoms with van der Waals surface area (Å²) in [6.07, 6.45) is 5.84. The molecule has 7 heteroatoms. The van der Waals surface area contributed by atoms with Crippen LogP contribution in [-0.4, -0.2) is 18.0 Å². The van der Waals surface area contributed by atoms with Gasteiger partial charge in [0, 0.05) is 43.9 Å². The Morgan fingerprint density at radius 2 is 2.24 bits per heavy atom. The molecule has 0 amide bonds. The Labute approximate surface area is 125 Å². The quantitative estimate of drug-likeness (QED) is 0.805. The first-order valence-electron chi connectivity index (χ1n) is 6.84. The fourth-order valence-corrected chi connectivity index (χ4v) is 3.14. The van der Waals surface area contributed by atoms with Gasteiger partial charge in [-0.15, -0.1) is 0 Å². The molecular formula is C14H20N4O2S. The van der Waals surface area contributed by atoms with Crippen molar-refractivity contribution < 1.29 is 8.42 Å². The molecule has 0 fully saturated rings. The highest BCUT2D eigenvalue weighted by Crippen LogP contribution is 2.15. The number of pyridine rings is 1. The van der Waals surface area contributed by atoms with E-state index in [4.69, 9.17) is 5.73 Å². The van der Waals surface area contributed by atoms with Crippen LogP contribution in [-0.2, 0) is 29.7 Å². The molecule has 2 heterocycles. The second kappa shape index (κ2) is 6.84. The number of nitrogens with zero attached hydrogens (tertiary/aromatic N) is 2. The molecule has 6 nitrogen and oxygen atoms in total. The van der Waals surface area contributed by atoms with Gasteiger partial charge in [0.05, 0.1) is 4.90 Å². The average Bonchev–Trinajstić information content (AvgIpc) is 2.91. The molecule has 114 valence electrons. The standard InChI is InChI=1S/C14H20N4O2S/c1-2-6-18-11-14(7-13(18)8-15)21(19,20)17-10-12-4-3-5-16-9-12/h3-5,7,9,11,17H,2,6,8,10,15H2,1H3. The van der Waals surface area contributed by atoms with Crippen molar-refractivity contribution in [3.63, 3.8) is 0 Å². The minimum absolute atomic E-state index is 0.215. The summed E-state index contributed by atoms with van der Waals surface area (Å²) in [7, 11) is -3.54. The molecule has 2 rings (SSSR count). The summed E-state index contributed by atoms with van der Waals surface area (Å²) in [5.74, 6) is 0. The first kappa shape index (κ1) is 15.7. The van der Waals surface area contributed by atoms with Crippen molar-refractivity contribution in [2.24, 2.45) is 5.73 Å². The highest BCUT2D eigenvalue weighted by Gasteiger charge is 2.17. The van der Waals surface area contributed by atoms with Gasteiger partial charge in [-0.2, -0.15) is 0 Å². The van der Waals surface area contributed by atoms with Crippen LogP contribution in [0.5, 0.6) is 0 Å². The Morgan fingerprint density at radius 1 is 1.43 bits per heavy atom. The summed E-state index contributed by atoms with van der Waals surface area (Å²) in [5, 5.41) is 0. The van der Waals surface area contributed by atoms with Crippen LogP contribution in [0.3, 0.4) is 0 Å². The average molecular weight is 308 g/mol. The fourth-order valence-electron chi connectivity index (χ4n) is 2.06. The summed E-state index contributed by atoms with van der Waals surface area (Å²) in [6.45, 7) is 3.32. The van der Waals surface area contributed by atoms with Gasteiger partial charge in [-0.25, -0.2) is 13.1 Å². The lowest BCUT2D eigenvalue weighted by atomic mass is 10.3. The molecule has 0 spiro atoms. The fraction of sp³-hybridized carbons (Fsp3) is 0.357. The van der Waals surface area contributed by atoms with Crippen LogP contribution in [0.2, 0.25) is 0 Å². The number of nitrogens with one attached hydrogen (secondary N) is 1. The Bertz CT molecular complexity index is 680. The van der Waals surface area contributed by atoms with Crippen molar-refractivity contribution >= 4 is 10.0 Å². The molecular weight excluding hydrogens is 288 g/mol. The first-order chi connectivity index (χ1) is 10.1. The van der Waals surface area contributed by atoms with E-state index >= 15 is 0 Å². The summed E-state index contributed by atoms with van der Waals surface area (Å²) in [5.41, 5.74) is 7.29. The first-order valence-corrected chi connectivity index (χ1v) is 8.33. The third-order valence-electron chi connectivity index (χ3n) is 3.13. The van der Waals surface area contributed by atoms with Gasteiger partial charge < -0.3 is 10.3 Å². The SMILES string of the molecule is CCCn1cc(S(=O)(=O)NCc2cccnc2)cc1CN. The van der Waals surface area contributed by atoms with Crippen molar-refractivity contribution in [2.45, 2.75) is 37.9 Å². The van der Waals surface area contributed by atoms with Gasteiger partial charge in [-0.05, 0) is 24.1 Å². The van der Waals surface area contributed by atoms with Gasteiger partial charge >= 0.3 is 0 Å². The lowest BCUT2D eigenvalue weighted by molar-refractivity contribution is 0.580. The summed E-state index contributed by atoms with van der Waals surface area (Å²) in [6, 6.07) is 5.22. The topological polar surface area (TPSA) is 90.0 Å². The normalized spacial score (nSPS) is 11.7. The molecule has 0 aromatic carbocycles. The third-order valence-corrected chi connectivity index (χ3v) is 4.50. The van der Waals surface area contributed by atoms with Gasteiger partial charge in [-0.1, -0.05) is 13.0 Å². The minimum Gasteiger partial charge on any atom is -0.349 e. The van der Waals surface area contributed by atoms with E-state index in [1.165, 1.54) is 0 Å². The van der Waals surface area contributed by atoms with Crippen LogP contribution in [0.15, 0.2) is 41.7 Å². The van der Waals surface area contributed by atoms with E-state index in [9.17, 15) is 8.42 Å². The van der Waals surface area contributed by atoms with Crippen molar-refractivity contribution in [2.75, 3.05) is 0 Å². The number of sulfonamides is 1. The Hall–Kier alpha value is -1.70. The molecule has 0 atom stereocenters. The Kier molecular flexibility index (Phi) is 5.11. The molecule has 2 aromatic rings. The van der Waals surface area contributed by atoms with Crippen LogP contribution in [0, 0.1) is 0 Å². The molecule has 0 aliphatic carbocycles. The zero-order valence-corrected chi connectivity index (χ0v) is 12.8. The number of hydrogen-bond acceptors (Lipinski definition) is 4. The molecule has 0 radical (unpaired) electrons. The summed E-state index contributed by atoms with van der Waals surface area (Å²) < 4.78 is 29.1. The number of aromatic nitrogens is 2. The monoisotopic (exact) mass is 308 g/mol. The van der Waals surface area contributed by atoms with Crippen molar-refractivity contribution in [3.05, 3.63) is 48.0 Å². The van der Waals surface area contributed by atoms with Crippen LogP contribution >= 0.6 is 0 Å². The third kappa shape index (κ3) is 3.90. The lowest BCUT2D eigenvalue weighted by Crippen LogP contribution is -2.22. The Morgan fingerprint density at radius 3 is 2.86 bits per heavy atom. The largest absolute Gasteiger partial charge is 0.349 e. The van der Waals surface area contributed by atoms with Crippen molar-refractivity contribution in [3.8, 4) is 0 Å². The van der Waals surface area contributed by atoms with Crippen LogP contribution < -0.4 is 10.5 Å². The van der Waals surface area contributed by atoms with E-state index in [0.717, 1.165) is 24.2 Å². The van der Waals surface area contributed by atoms with E-state index < -0.39 is 10.0 Å². The highest BCUT2D eigenvalue weighted by atomic mass is 32.2. The molecule has 0 aliphatic rings. The number of rotatable bonds is 7. The molecule has 0 saturated heterocycles. The van der Waals surface area contributed by atoms with Crippen molar-refractivity contribution in [1.29, 1.82) is 0 Å². The number of aryl methyl sites for hydroxylation is 1. The zero-order valence-electron chi connectivity index (χ0n) is 12.0. The van der Waals surface area contributed by atoms with E-state index in [1.807, 2.05) is 17.6 Å². The lowest BCUT2D eigenvalue weighted by Gasteiger charge is -2.05. The van der Waals surface area contributed by atoms with Gasteiger partial charge in [0.15, 0.2) is 0 Å². The molecule has 0 unspecified atom stereocenters. The van der Waals surface area contributed by atoms with Crippen molar-refractivity contribution in [1.82, 2.24) is 14.3 Å². The van der Waals surface area contributed by atoms with Crippen LogP contribution in [0.25, 0.3) is 0 Å². The smallest absolute Gasteiger partial charge is 0.242 e. The van der Waals surface area contributed by atoms with E-state index in [1.54, 1.807) is 30.7 Å². The van der Waals surface area contributed by atoms with Gasteiger partial charge in [-0.3, -0.25) is 4.98 Å². The summed E-state index contributed by atoms with van der Waals surface area (Å²) in [4.78, 5) is 4.21. The minimum atomic E-state index is -3.54. The number of nitrogens with two attached hydrogens (primary N) is 1. The highest BCUT2D eigenvalue weighted by molar-refractivity contribution is 7.89. The molecule has 2 aromatic heterocycles. The predicted octanol–water partition coefficient (Wildman–Crippen LogP) is 1.23. The second-order valence-electron chi connectivity index (χ2n) is 4.75. The van der Waals surface area contributed by atoms with Crippen LogP contribution in [0.4, 0.5) is 0 Å². The molecule has 21 heavy (non-hydrogen) atoms. The predicted molar refractivity (Wildman–Crippen MR) is 80.9 cm³/mol. The van der Waals surface area contributed by atoms with E-state index in [-0.39, 0.29) is 11.4 Å². The maximum atomic E-state index is 12.3. The zero-order chi connectivity index (χ0) is 15.3. The van der Waals surface area contributed by atoms with E-state index in [0.29, 0.717) is 6.54 Å². The van der Waals surface area contributed by atoms with Gasteiger partial charge in [0.2, 0.25) is 10.0 Å². The van der Waals surface area contributed by atoms with Gasteiger partial charge in [0.25, 0.3) is 0 Å². The molecule has 0 aliphatic heterocycles. The summed E-state index contributed by atoms with van der Waals surface area (Å²) >= 11 is 0. The van der Waals surface area contributed by atoms with Gasteiger partial charge in [0.1, 0.15) is 0 Å². The number of hydrogen-bond donors (Lipinski definition) is 2. The second-order valence-corrected chi connectivity index (χ2v) is 6.52. The van der Waals surface area contributed by atoms with E-state index in [2.05, 4.69) is 9.71 Å². The maximum absolute atomic E-state index is 12.3. The molecule has 0 bridgehead atoms. The molecule has 0 saturated carbocycles. The molecule has 3 N–H and O–H groups in total. The van der Waals surface area contributed by atoms with Crippen LogP contribution in [0.1, 0.15) is 24.6 Å². The maximum Gasteiger partial charge on any atom is 0.242 e. The Balaban J connectivity index is 2.15.